The highest BCUT2D eigenvalue weighted by atomic mass is 16.6. The number of nitrogens with one attached hydrogen (secondary N) is 1. The smallest absolute Gasteiger partial charge is 0.269 e. The molecule has 182 valence electrons. The number of non-ortho nitro benzene ring substituents is 1. The van der Waals surface area contributed by atoms with Crippen molar-refractivity contribution in [2.24, 2.45) is 0 Å². The third-order valence-corrected chi connectivity index (χ3v) is 6.26. The number of nitrogens with zero attached hydrogens (tertiary/aromatic N) is 4. The van der Waals surface area contributed by atoms with Crippen LogP contribution in [0.1, 0.15) is 12.0 Å². The molecule has 0 spiro atoms. The van der Waals surface area contributed by atoms with Crippen LogP contribution in [0.3, 0.4) is 0 Å². The van der Waals surface area contributed by atoms with Gasteiger partial charge in [-0.3, -0.25) is 24.5 Å². The van der Waals surface area contributed by atoms with E-state index in [1.807, 2.05) is 30.3 Å². The Kier molecular flexibility index (Phi) is 7.39. The molecule has 2 aliphatic rings. The van der Waals surface area contributed by atoms with E-state index in [1.165, 1.54) is 23.1 Å². The van der Waals surface area contributed by atoms with Crippen LogP contribution in [-0.2, 0) is 14.4 Å². The molecule has 0 bridgehead atoms. The van der Waals surface area contributed by atoms with Crippen molar-refractivity contribution in [1.82, 2.24) is 15.1 Å². The Bertz CT molecular complexity index is 1110. The number of nitro groups is 1. The largest absolute Gasteiger partial charge is 0.368 e. The van der Waals surface area contributed by atoms with Crippen molar-refractivity contribution >= 4 is 35.2 Å². The number of benzene rings is 2. The minimum absolute atomic E-state index is 0.0376. The molecule has 2 aliphatic heterocycles. The quantitative estimate of drug-likeness (QED) is 0.384. The molecular formula is C25H27N5O5. The Balaban J connectivity index is 1.36. The summed E-state index contributed by atoms with van der Waals surface area (Å²) in [6, 6.07) is 14.9. The predicted molar refractivity (Wildman–Crippen MR) is 130 cm³/mol. The SMILES string of the molecule is O=C1NCCN(C(=O)/C=C/c2ccc([N+](=O)[O-])cc2)C1CC(=O)N1CCN(c2ccccc2)CC1. The molecular weight excluding hydrogens is 450 g/mol. The molecule has 1 atom stereocenters. The maximum absolute atomic E-state index is 13.0. The number of rotatable bonds is 6. The topological polar surface area (TPSA) is 116 Å². The second-order valence-corrected chi connectivity index (χ2v) is 8.43. The van der Waals surface area contributed by atoms with Crippen LogP contribution >= 0.6 is 0 Å². The fourth-order valence-electron chi connectivity index (χ4n) is 4.30. The number of carbonyl (C=O) groups is 3. The summed E-state index contributed by atoms with van der Waals surface area (Å²) in [6.07, 6.45) is 2.80. The highest BCUT2D eigenvalue weighted by Gasteiger charge is 2.35. The summed E-state index contributed by atoms with van der Waals surface area (Å²) in [6.45, 7) is 3.12. The van der Waals surface area contributed by atoms with E-state index in [9.17, 15) is 24.5 Å². The monoisotopic (exact) mass is 477 g/mol. The fraction of sp³-hybridized carbons (Fsp3) is 0.320. The normalized spacial score (nSPS) is 18.5. The van der Waals surface area contributed by atoms with Crippen LogP contribution < -0.4 is 10.2 Å². The van der Waals surface area contributed by atoms with Gasteiger partial charge in [0.1, 0.15) is 6.04 Å². The van der Waals surface area contributed by atoms with E-state index in [2.05, 4.69) is 10.2 Å². The number of hydrogen-bond donors (Lipinski definition) is 1. The molecule has 2 saturated heterocycles. The molecule has 0 aliphatic carbocycles. The Morgan fingerprint density at radius 3 is 2.34 bits per heavy atom. The molecule has 2 aromatic carbocycles. The number of para-hydroxylation sites is 1. The van der Waals surface area contributed by atoms with Crippen molar-refractivity contribution in [3.05, 3.63) is 76.4 Å². The molecule has 0 radical (unpaired) electrons. The van der Waals surface area contributed by atoms with Crippen LogP contribution in [0.2, 0.25) is 0 Å². The molecule has 10 heteroatoms. The van der Waals surface area contributed by atoms with E-state index in [0.29, 0.717) is 44.8 Å². The number of hydrogen-bond acceptors (Lipinski definition) is 6. The maximum Gasteiger partial charge on any atom is 0.269 e. The van der Waals surface area contributed by atoms with Gasteiger partial charge >= 0.3 is 0 Å². The predicted octanol–water partition coefficient (Wildman–Crippen LogP) is 1.67. The van der Waals surface area contributed by atoms with E-state index in [4.69, 9.17) is 0 Å². The van der Waals surface area contributed by atoms with Crippen LogP contribution in [0.5, 0.6) is 0 Å². The number of amides is 3. The van der Waals surface area contributed by atoms with Gasteiger partial charge in [0.05, 0.1) is 11.3 Å². The second-order valence-electron chi connectivity index (χ2n) is 8.43. The molecule has 0 saturated carbocycles. The van der Waals surface area contributed by atoms with Gasteiger partial charge in [0.25, 0.3) is 5.69 Å². The molecule has 4 rings (SSSR count). The van der Waals surface area contributed by atoms with Gasteiger partial charge < -0.3 is 20.0 Å². The lowest BCUT2D eigenvalue weighted by Crippen LogP contribution is -2.59. The number of anilines is 1. The van der Waals surface area contributed by atoms with Crippen LogP contribution in [-0.4, -0.2) is 77.8 Å². The van der Waals surface area contributed by atoms with Gasteiger partial charge in [-0.05, 0) is 35.9 Å². The summed E-state index contributed by atoms with van der Waals surface area (Å²) >= 11 is 0. The Morgan fingerprint density at radius 2 is 1.69 bits per heavy atom. The van der Waals surface area contributed by atoms with Gasteiger partial charge in [0.15, 0.2) is 0 Å². The van der Waals surface area contributed by atoms with Crippen molar-refractivity contribution in [3.8, 4) is 0 Å². The fourth-order valence-corrected chi connectivity index (χ4v) is 4.30. The molecule has 2 heterocycles. The van der Waals surface area contributed by atoms with Gasteiger partial charge in [-0.15, -0.1) is 0 Å². The zero-order valence-corrected chi connectivity index (χ0v) is 19.2. The van der Waals surface area contributed by atoms with Gasteiger partial charge in [-0.1, -0.05) is 18.2 Å². The number of carbonyl (C=O) groups excluding carboxylic acids is 3. The average molecular weight is 478 g/mol. The second kappa shape index (κ2) is 10.8. The highest BCUT2D eigenvalue weighted by Crippen LogP contribution is 2.18. The zero-order chi connectivity index (χ0) is 24.8. The Morgan fingerprint density at radius 1 is 1.00 bits per heavy atom. The zero-order valence-electron chi connectivity index (χ0n) is 19.2. The van der Waals surface area contributed by atoms with Crippen LogP contribution in [0.4, 0.5) is 11.4 Å². The van der Waals surface area contributed by atoms with Crippen molar-refractivity contribution < 1.29 is 19.3 Å². The van der Waals surface area contributed by atoms with Crippen molar-refractivity contribution in [1.29, 1.82) is 0 Å². The third-order valence-electron chi connectivity index (χ3n) is 6.26. The molecule has 1 N–H and O–H groups in total. The average Bonchev–Trinajstić information content (AvgIpc) is 2.89. The van der Waals surface area contributed by atoms with Crippen LogP contribution in [0.25, 0.3) is 6.08 Å². The lowest BCUT2D eigenvalue weighted by Gasteiger charge is -2.38. The minimum atomic E-state index is -0.877. The van der Waals surface area contributed by atoms with Gasteiger partial charge in [-0.2, -0.15) is 0 Å². The molecule has 2 aromatic rings. The number of nitro benzene ring substituents is 1. The first-order chi connectivity index (χ1) is 16.9. The first kappa shape index (κ1) is 23.9. The standard InChI is InChI=1S/C25H27N5O5/c31-23(11-8-19-6-9-21(10-7-19)30(34)35)29-13-12-26-25(33)22(29)18-24(32)28-16-14-27(15-17-28)20-4-2-1-3-5-20/h1-11,22H,12-18H2,(H,26,33)/b11-8+. The van der Waals surface area contributed by atoms with Crippen LogP contribution in [0.15, 0.2) is 60.7 Å². The van der Waals surface area contributed by atoms with Crippen LogP contribution in [0, 0.1) is 10.1 Å². The summed E-state index contributed by atoms with van der Waals surface area (Å²) in [5.41, 5.74) is 1.70. The van der Waals surface area contributed by atoms with Crippen molar-refractivity contribution in [3.63, 3.8) is 0 Å². The summed E-state index contributed by atoms with van der Waals surface area (Å²) in [7, 11) is 0. The van der Waals surface area contributed by atoms with Gasteiger partial charge in [-0.25, -0.2) is 0 Å². The van der Waals surface area contributed by atoms with E-state index >= 15 is 0 Å². The van der Waals surface area contributed by atoms with E-state index in [-0.39, 0.29) is 29.8 Å². The maximum atomic E-state index is 13.0. The minimum Gasteiger partial charge on any atom is -0.368 e. The van der Waals surface area contributed by atoms with E-state index in [0.717, 1.165) is 5.69 Å². The molecule has 0 aromatic heterocycles. The lowest BCUT2D eigenvalue weighted by atomic mass is 10.1. The molecule has 3 amide bonds. The molecule has 2 fully saturated rings. The summed E-state index contributed by atoms with van der Waals surface area (Å²) in [5, 5.41) is 13.5. The highest BCUT2D eigenvalue weighted by molar-refractivity contribution is 5.98. The molecule has 1 unspecified atom stereocenters. The van der Waals surface area contributed by atoms with Crippen molar-refractivity contribution in [2.45, 2.75) is 12.5 Å². The Labute approximate surface area is 202 Å². The molecule has 10 nitrogen and oxygen atoms in total. The Hall–Kier alpha value is -4.21. The summed E-state index contributed by atoms with van der Waals surface area (Å²) < 4.78 is 0. The number of piperazine rings is 2. The third kappa shape index (κ3) is 5.84. The lowest BCUT2D eigenvalue weighted by molar-refractivity contribution is -0.384. The van der Waals surface area contributed by atoms with E-state index < -0.39 is 11.0 Å². The van der Waals surface area contributed by atoms with Gasteiger partial charge in [0, 0.05) is 63.2 Å². The van der Waals surface area contributed by atoms with E-state index in [1.54, 1.807) is 23.1 Å². The first-order valence-electron chi connectivity index (χ1n) is 11.5. The molecule has 35 heavy (non-hydrogen) atoms. The first-order valence-corrected chi connectivity index (χ1v) is 11.5. The van der Waals surface area contributed by atoms with Gasteiger partial charge in [0.2, 0.25) is 17.7 Å². The summed E-state index contributed by atoms with van der Waals surface area (Å²) in [4.78, 5) is 54.1. The van der Waals surface area contributed by atoms with Crippen molar-refractivity contribution in [2.75, 3.05) is 44.2 Å². The summed E-state index contributed by atoms with van der Waals surface area (Å²) in [5.74, 6) is -0.883.